The van der Waals surface area contributed by atoms with Crippen molar-refractivity contribution in [1.29, 1.82) is 0 Å². The fourth-order valence-corrected chi connectivity index (χ4v) is 3.29. The molecule has 4 aromatic rings. The van der Waals surface area contributed by atoms with E-state index < -0.39 is 5.97 Å². The van der Waals surface area contributed by atoms with Crippen molar-refractivity contribution >= 4 is 22.6 Å². The van der Waals surface area contributed by atoms with Crippen LogP contribution in [0.3, 0.4) is 0 Å². The first-order chi connectivity index (χ1) is 15.2. The number of carboxylic acid groups (broad SMARTS) is 1. The highest BCUT2D eigenvalue weighted by atomic mass is 16.6. The number of benzene rings is 2. The average molecular weight is 415 g/mol. The Balaban J connectivity index is 1.69. The number of ether oxygens (including phenoxy) is 1. The van der Waals surface area contributed by atoms with Gasteiger partial charge >= 0.3 is 5.97 Å². The Morgan fingerprint density at radius 1 is 1.10 bits per heavy atom. The van der Waals surface area contributed by atoms with E-state index in [0.29, 0.717) is 35.9 Å². The lowest BCUT2D eigenvalue weighted by atomic mass is 10.1. The molecule has 156 valence electrons. The molecule has 1 N–H and O–H groups in total. The summed E-state index contributed by atoms with van der Waals surface area (Å²) in [6.07, 6.45) is 3.29. The Morgan fingerprint density at radius 3 is 2.71 bits per heavy atom. The minimum Gasteiger partial charge on any atom is -0.478 e. The van der Waals surface area contributed by atoms with Gasteiger partial charge in [-0.2, -0.15) is 0 Å². The molecular weight excluding hydrogens is 394 g/mol. The maximum atomic E-state index is 11.7. The molecule has 0 amide bonds. The second kappa shape index (κ2) is 9.13. The lowest BCUT2D eigenvalue weighted by Gasteiger charge is -2.11. The number of para-hydroxylation sites is 1. The smallest absolute Gasteiger partial charge is 0.337 e. The molecule has 0 aliphatic heterocycles. The minimum atomic E-state index is -0.969. The number of aromatic carboxylic acids is 1. The Bertz CT molecular complexity index is 1230. The third-order valence-electron chi connectivity index (χ3n) is 4.67. The Hall–Kier alpha value is -4.13. The summed E-state index contributed by atoms with van der Waals surface area (Å²) in [4.78, 5) is 21.2. The van der Waals surface area contributed by atoms with Gasteiger partial charge in [-0.25, -0.2) is 9.78 Å². The molecule has 7 heteroatoms. The van der Waals surface area contributed by atoms with Gasteiger partial charge in [0.15, 0.2) is 0 Å². The number of hydrogen-bond donors (Lipinski definition) is 1. The van der Waals surface area contributed by atoms with Gasteiger partial charge in [-0.1, -0.05) is 41.6 Å². The number of fused-ring (bicyclic) bond motifs is 1. The Morgan fingerprint density at radius 2 is 1.94 bits per heavy atom. The highest BCUT2D eigenvalue weighted by Crippen LogP contribution is 2.24. The molecular formula is C24H21N3O4. The normalized spacial score (nSPS) is 11.5. The standard InChI is InChI=1S/C24H21N3O4/c1-2-30-26-21(16-27-15-20(24(28)29)19-10-3-4-11-22(19)27)17-8-7-9-18(14-17)31-23-12-5-6-13-25-23/h3-15H,2,16H2,1H3,(H,28,29)/b26-21+. The Labute approximate surface area is 179 Å². The summed E-state index contributed by atoms with van der Waals surface area (Å²) in [5.41, 5.74) is 2.51. The number of rotatable bonds is 8. The molecule has 0 bridgehead atoms. The van der Waals surface area contributed by atoms with Gasteiger partial charge in [0.2, 0.25) is 5.88 Å². The van der Waals surface area contributed by atoms with Crippen LogP contribution in [0, 0.1) is 0 Å². The van der Waals surface area contributed by atoms with Crippen LogP contribution < -0.4 is 4.74 Å². The van der Waals surface area contributed by atoms with E-state index >= 15 is 0 Å². The number of carboxylic acids is 1. The van der Waals surface area contributed by atoms with Gasteiger partial charge in [-0.3, -0.25) is 0 Å². The van der Waals surface area contributed by atoms with E-state index in [0.717, 1.165) is 11.1 Å². The first-order valence-corrected chi connectivity index (χ1v) is 9.85. The van der Waals surface area contributed by atoms with Crippen molar-refractivity contribution in [3.63, 3.8) is 0 Å². The molecule has 2 aromatic carbocycles. The van der Waals surface area contributed by atoms with Crippen LogP contribution in [-0.4, -0.2) is 32.9 Å². The van der Waals surface area contributed by atoms with Crippen LogP contribution in [0.25, 0.3) is 10.9 Å². The van der Waals surface area contributed by atoms with Gasteiger partial charge in [-0.15, -0.1) is 0 Å². The van der Waals surface area contributed by atoms with Crippen LogP contribution in [0.15, 0.2) is 84.3 Å². The summed E-state index contributed by atoms with van der Waals surface area (Å²) in [7, 11) is 0. The SMILES string of the molecule is CCO/N=C(\Cn1cc(C(=O)O)c2ccccc21)c1cccc(Oc2ccccn2)c1. The van der Waals surface area contributed by atoms with Crippen LogP contribution in [0.2, 0.25) is 0 Å². The molecule has 31 heavy (non-hydrogen) atoms. The fraction of sp³-hybridized carbons (Fsp3) is 0.125. The molecule has 0 radical (unpaired) electrons. The quantitative estimate of drug-likeness (QED) is 0.324. The van der Waals surface area contributed by atoms with Gasteiger partial charge in [0, 0.05) is 34.9 Å². The molecule has 2 aromatic heterocycles. The van der Waals surface area contributed by atoms with E-state index in [-0.39, 0.29) is 5.56 Å². The van der Waals surface area contributed by atoms with Crippen molar-refractivity contribution < 1.29 is 19.5 Å². The van der Waals surface area contributed by atoms with Crippen LogP contribution in [0.5, 0.6) is 11.6 Å². The highest BCUT2D eigenvalue weighted by Gasteiger charge is 2.16. The van der Waals surface area contributed by atoms with E-state index in [9.17, 15) is 9.90 Å². The minimum absolute atomic E-state index is 0.249. The van der Waals surface area contributed by atoms with Crippen molar-refractivity contribution in [3.8, 4) is 11.6 Å². The summed E-state index contributed by atoms with van der Waals surface area (Å²) in [6.45, 7) is 2.61. The molecule has 0 atom stereocenters. The van der Waals surface area contributed by atoms with Crippen molar-refractivity contribution in [1.82, 2.24) is 9.55 Å². The molecule has 0 aliphatic carbocycles. The lowest BCUT2D eigenvalue weighted by Crippen LogP contribution is -2.12. The van der Waals surface area contributed by atoms with Gasteiger partial charge in [-0.05, 0) is 31.2 Å². The van der Waals surface area contributed by atoms with E-state index in [1.165, 1.54) is 0 Å². The second-order valence-electron chi connectivity index (χ2n) is 6.75. The van der Waals surface area contributed by atoms with Crippen molar-refractivity contribution in [2.45, 2.75) is 13.5 Å². The molecule has 0 saturated heterocycles. The fourth-order valence-electron chi connectivity index (χ4n) is 3.29. The predicted molar refractivity (Wildman–Crippen MR) is 118 cm³/mol. The number of oxime groups is 1. The molecule has 0 saturated carbocycles. The third kappa shape index (κ3) is 4.56. The molecule has 0 aliphatic rings. The van der Waals surface area contributed by atoms with E-state index in [2.05, 4.69) is 10.1 Å². The first-order valence-electron chi connectivity index (χ1n) is 9.85. The van der Waals surface area contributed by atoms with Crippen LogP contribution in [0.1, 0.15) is 22.8 Å². The summed E-state index contributed by atoms with van der Waals surface area (Å²) in [5, 5.41) is 14.5. The molecule has 2 heterocycles. The molecule has 0 fully saturated rings. The van der Waals surface area contributed by atoms with Gasteiger partial charge in [0.1, 0.15) is 18.1 Å². The molecule has 7 nitrogen and oxygen atoms in total. The van der Waals surface area contributed by atoms with Crippen LogP contribution >= 0.6 is 0 Å². The number of aromatic nitrogens is 2. The largest absolute Gasteiger partial charge is 0.478 e. The van der Waals surface area contributed by atoms with Gasteiger partial charge < -0.3 is 19.2 Å². The summed E-state index contributed by atoms with van der Waals surface area (Å²) >= 11 is 0. The van der Waals surface area contributed by atoms with Crippen molar-refractivity contribution in [2.24, 2.45) is 5.16 Å². The predicted octanol–water partition coefficient (Wildman–Crippen LogP) is 4.97. The van der Waals surface area contributed by atoms with Crippen LogP contribution in [0.4, 0.5) is 0 Å². The number of nitrogens with zero attached hydrogens (tertiary/aromatic N) is 3. The summed E-state index contributed by atoms with van der Waals surface area (Å²) < 4.78 is 7.70. The monoisotopic (exact) mass is 415 g/mol. The molecule has 4 rings (SSSR count). The maximum Gasteiger partial charge on any atom is 0.337 e. The van der Waals surface area contributed by atoms with Crippen molar-refractivity contribution in [3.05, 3.63) is 90.3 Å². The maximum absolute atomic E-state index is 11.7. The lowest BCUT2D eigenvalue weighted by molar-refractivity contribution is 0.0699. The number of hydrogen-bond acceptors (Lipinski definition) is 5. The molecule has 0 unspecified atom stereocenters. The van der Waals surface area contributed by atoms with Crippen LogP contribution in [-0.2, 0) is 11.4 Å². The van der Waals surface area contributed by atoms with E-state index in [1.807, 2.05) is 66.1 Å². The zero-order valence-corrected chi connectivity index (χ0v) is 16.9. The summed E-state index contributed by atoms with van der Waals surface area (Å²) in [6, 6.07) is 20.3. The zero-order chi connectivity index (χ0) is 21.6. The zero-order valence-electron chi connectivity index (χ0n) is 16.9. The van der Waals surface area contributed by atoms with Gasteiger partial charge in [0.05, 0.1) is 12.1 Å². The number of pyridine rings is 1. The number of carbonyl (C=O) groups is 1. The Kier molecular flexibility index (Phi) is 5.93. The van der Waals surface area contributed by atoms with Crippen molar-refractivity contribution in [2.75, 3.05) is 6.61 Å². The first kappa shape index (κ1) is 20.2. The topological polar surface area (TPSA) is 85.9 Å². The highest BCUT2D eigenvalue weighted by molar-refractivity contribution is 6.05. The van der Waals surface area contributed by atoms with E-state index in [4.69, 9.17) is 9.57 Å². The summed E-state index contributed by atoms with van der Waals surface area (Å²) in [5.74, 6) is 0.137. The van der Waals surface area contributed by atoms with E-state index in [1.54, 1.807) is 24.5 Å². The third-order valence-corrected chi connectivity index (χ3v) is 4.67. The second-order valence-corrected chi connectivity index (χ2v) is 6.75. The average Bonchev–Trinajstić information content (AvgIpc) is 3.16. The molecule has 0 spiro atoms. The van der Waals surface area contributed by atoms with Gasteiger partial charge in [0.25, 0.3) is 0 Å².